The minimum Gasteiger partial charge on any atom is -0.323 e. The first-order chi connectivity index (χ1) is 7.56. The molecule has 2 rings (SSSR count). The normalized spacial score (nSPS) is 38.6. The summed E-state index contributed by atoms with van der Waals surface area (Å²) in [6.45, 7) is 8.56. The molecule has 0 aromatic carbocycles. The number of amides is 1. The van der Waals surface area contributed by atoms with Crippen molar-refractivity contribution in [3.63, 3.8) is 0 Å². The first kappa shape index (κ1) is 11.9. The lowest BCUT2D eigenvalue weighted by molar-refractivity contribution is -0.131. The van der Waals surface area contributed by atoms with Gasteiger partial charge in [0, 0.05) is 6.04 Å². The van der Waals surface area contributed by atoms with Crippen LogP contribution in [0.3, 0.4) is 0 Å². The molecule has 16 heavy (non-hydrogen) atoms. The van der Waals surface area contributed by atoms with Crippen LogP contribution in [-0.4, -0.2) is 29.1 Å². The molecule has 92 valence electrons. The minimum atomic E-state index is 0.0397. The second-order valence-electron chi connectivity index (χ2n) is 5.66. The SMILES string of the molecule is CCCC1CC1N1C(=O)C(C(C)C)NC1C. The number of carbonyl (C=O) groups excluding carboxylic acids is 1. The number of rotatable bonds is 4. The van der Waals surface area contributed by atoms with Gasteiger partial charge in [0.05, 0.1) is 12.2 Å². The van der Waals surface area contributed by atoms with Gasteiger partial charge in [-0.25, -0.2) is 0 Å². The Morgan fingerprint density at radius 2 is 2.19 bits per heavy atom. The van der Waals surface area contributed by atoms with Crippen molar-refractivity contribution in [3.8, 4) is 0 Å². The van der Waals surface area contributed by atoms with E-state index in [0.29, 0.717) is 17.9 Å². The highest BCUT2D eigenvalue weighted by Crippen LogP contribution is 2.41. The average molecular weight is 224 g/mol. The maximum atomic E-state index is 12.3. The summed E-state index contributed by atoms with van der Waals surface area (Å²) < 4.78 is 0. The predicted molar refractivity (Wildman–Crippen MR) is 64.9 cm³/mol. The van der Waals surface area contributed by atoms with Crippen molar-refractivity contribution in [2.24, 2.45) is 11.8 Å². The van der Waals surface area contributed by atoms with E-state index in [1.165, 1.54) is 19.3 Å². The van der Waals surface area contributed by atoms with Crippen molar-refractivity contribution in [2.75, 3.05) is 0 Å². The van der Waals surface area contributed by atoms with E-state index in [9.17, 15) is 4.79 Å². The lowest BCUT2D eigenvalue weighted by atomic mass is 10.1. The van der Waals surface area contributed by atoms with Crippen LogP contribution in [0.2, 0.25) is 0 Å². The van der Waals surface area contributed by atoms with Gasteiger partial charge in [0.1, 0.15) is 0 Å². The molecular formula is C13H24N2O. The van der Waals surface area contributed by atoms with Crippen LogP contribution in [0.1, 0.15) is 47.0 Å². The number of nitrogens with one attached hydrogen (secondary N) is 1. The van der Waals surface area contributed by atoms with Gasteiger partial charge in [0.25, 0.3) is 0 Å². The van der Waals surface area contributed by atoms with Gasteiger partial charge in [0.2, 0.25) is 5.91 Å². The Labute approximate surface area is 98.6 Å². The van der Waals surface area contributed by atoms with E-state index >= 15 is 0 Å². The first-order valence-electron chi connectivity index (χ1n) is 6.64. The van der Waals surface area contributed by atoms with E-state index in [1.54, 1.807) is 0 Å². The van der Waals surface area contributed by atoms with Gasteiger partial charge >= 0.3 is 0 Å². The molecule has 1 saturated carbocycles. The van der Waals surface area contributed by atoms with Crippen molar-refractivity contribution in [2.45, 2.75) is 65.2 Å². The summed E-state index contributed by atoms with van der Waals surface area (Å²) in [4.78, 5) is 14.4. The molecule has 0 aromatic heterocycles. The van der Waals surface area contributed by atoms with E-state index in [4.69, 9.17) is 0 Å². The molecule has 1 N–H and O–H groups in total. The third-order valence-electron chi connectivity index (χ3n) is 3.93. The van der Waals surface area contributed by atoms with E-state index < -0.39 is 0 Å². The molecule has 4 unspecified atom stereocenters. The van der Waals surface area contributed by atoms with E-state index in [2.05, 4.69) is 37.9 Å². The average Bonchev–Trinajstić information content (AvgIpc) is 2.87. The molecule has 0 aromatic rings. The van der Waals surface area contributed by atoms with Crippen molar-refractivity contribution in [3.05, 3.63) is 0 Å². The van der Waals surface area contributed by atoms with Gasteiger partial charge in [-0.05, 0) is 31.6 Å². The molecule has 1 aliphatic carbocycles. The molecule has 0 bridgehead atoms. The van der Waals surface area contributed by atoms with Crippen LogP contribution in [0.4, 0.5) is 0 Å². The molecule has 1 heterocycles. The van der Waals surface area contributed by atoms with Crippen LogP contribution in [0, 0.1) is 11.8 Å². The van der Waals surface area contributed by atoms with Crippen LogP contribution in [0.15, 0.2) is 0 Å². The summed E-state index contributed by atoms with van der Waals surface area (Å²) in [5, 5.41) is 3.41. The molecule has 1 amide bonds. The number of carbonyl (C=O) groups is 1. The van der Waals surface area contributed by atoms with Crippen molar-refractivity contribution < 1.29 is 4.79 Å². The lowest BCUT2D eigenvalue weighted by Gasteiger charge is -2.21. The molecular weight excluding hydrogens is 200 g/mol. The molecule has 2 aliphatic rings. The molecule has 2 fully saturated rings. The Hall–Kier alpha value is -0.570. The highest BCUT2D eigenvalue weighted by molar-refractivity contribution is 5.85. The van der Waals surface area contributed by atoms with Gasteiger partial charge in [-0.3, -0.25) is 10.1 Å². The fourth-order valence-electron chi connectivity index (χ4n) is 2.94. The topological polar surface area (TPSA) is 32.3 Å². The summed E-state index contributed by atoms with van der Waals surface area (Å²) >= 11 is 0. The highest BCUT2D eigenvalue weighted by Gasteiger charge is 2.50. The fraction of sp³-hybridized carbons (Fsp3) is 0.923. The Morgan fingerprint density at radius 3 is 2.69 bits per heavy atom. The zero-order valence-corrected chi connectivity index (χ0v) is 10.9. The number of hydrogen-bond acceptors (Lipinski definition) is 2. The maximum absolute atomic E-state index is 12.3. The quantitative estimate of drug-likeness (QED) is 0.792. The van der Waals surface area contributed by atoms with Gasteiger partial charge in [-0.15, -0.1) is 0 Å². The van der Waals surface area contributed by atoms with E-state index in [0.717, 1.165) is 5.92 Å². The maximum Gasteiger partial charge on any atom is 0.241 e. The molecule has 4 atom stereocenters. The zero-order chi connectivity index (χ0) is 11.9. The fourth-order valence-corrected chi connectivity index (χ4v) is 2.94. The van der Waals surface area contributed by atoms with Crippen molar-refractivity contribution >= 4 is 5.91 Å². The molecule has 3 nitrogen and oxygen atoms in total. The molecule has 0 radical (unpaired) electrons. The zero-order valence-electron chi connectivity index (χ0n) is 10.9. The van der Waals surface area contributed by atoms with Crippen LogP contribution < -0.4 is 5.32 Å². The Kier molecular flexibility index (Phi) is 3.24. The summed E-state index contributed by atoms with van der Waals surface area (Å²) in [7, 11) is 0. The summed E-state index contributed by atoms with van der Waals surface area (Å²) in [6, 6.07) is 0.566. The van der Waals surface area contributed by atoms with Crippen LogP contribution in [0.25, 0.3) is 0 Å². The van der Waals surface area contributed by atoms with Crippen molar-refractivity contribution in [1.29, 1.82) is 0 Å². The van der Waals surface area contributed by atoms with Gasteiger partial charge in [-0.1, -0.05) is 27.2 Å². The van der Waals surface area contributed by atoms with E-state index in [1.807, 2.05) is 0 Å². The lowest BCUT2D eigenvalue weighted by Crippen LogP contribution is -2.37. The van der Waals surface area contributed by atoms with Gasteiger partial charge < -0.3 is 4.90 Å². The molecule has 1 aliphatic heterocycles. The van der Waals surface area contributed by atoms with Crippen LogP contribution in [-0.2, 0) is 4.79 Å². The van der Waals surface area contributed by atoms with Crippen LogP contribution in [0.5, 0.6) is 0 Å². The summed E-state index contributed by atoms with van der Waals surface area (Å²) in [6.07, 6.45) is 3.95. The summed E-state index contributed by atoms with van der Waals surface area (Å²) in [5.41, 5.74) is 0. The third-order valence-corrected chi connectivity index (χ3v) is 3.93. The Bertz CT molecular complexity index is 277. The summed E-state index contributed by atoms with van der Waals surface area (Å²) in [5.74, 6) is 1.48. The smallest absolute Gasteiger partial charge is 0.241 e. The van der Waals surface area contributed by atoms with Crippen molar-refractivity contribution in [1.82, 2.24) is 10.2 Å². The monoisotopic (exact) mass is 224 g/mol. The molecule has 1 saturated heterocycles. The van der Waals surface area contributed by atoms with Gasteiger partial charge in [-0.2, -0.15) is 0 Å². The highest BCUT2D eigenvalue weighted by atomic mass is 16.2. The van der Waals surface area contributed by atoms with Gasteiger partial charge in [0.15, 0.2) is 0 Å². The minimum absolute atomic E-state index is 0.0397. The van der Waals surface area contributed by atoms with E-state index in [-0.39, 0.29) is 12.2 Å². The first-order valence-corrected chi connectivity index (χ1v) is 6.64. The standard InChI is InChI=1S/C13H24N2O/c1-5-6-10-7-11(10)15-9(4)14-12(8(2)3)13(15)16/h8-12,14H,5-7H2,1-4H3. The molecule has 0 spiro atoms. The second kappa shape index (κ2) is 4.36. The predicted octanol–water partition coefficient (Wildman–Crippen LogP) is 1.98. The number of nitrogens with zero attached hydrogens (tertiary/aromatic N) is 1. The number of hydrogen-bond donors (Lipinski definition) is 1. The largest absolute Gasteiger partial charge is 0.323 e. The van der Waals surface area contributed by atoms with Crippen LogP contribution >= 0.6 is 0 Å². The molecule has 3 heteroatoms. The Morgan fingerprint density at radius 1 is 1.50 bits per heavy atom. The Balaban J connectivity index is 1.98. The third kappa shape index (κ3) is 1.97. The second-order valence-corrected chi connectivity index (χ2v) is 5.66.